The van der Waals surface area contributed by atoms with E-state index < -0.39 is 27.2 Å². The fourth-order valence-electron chi connectivity index (χ4n) is 5.25. The second kappa shape index (κ2) is 10.0. The number of nitrogens with zero attached hydrogens (tertiary/aromatic N) is 3. The smallest absolute Gasteiger partial charge is 0.353 e. The van der Waals surface area contributed by atoms with Crippen molar-refractivity contribution in [2.75, 3.05) is 31.1 Å². The van der Waals surface area contributed by atoms with Gasteiger partial charge in [0.1, 0.15) is 5.82 Å². The van der Waals surface area contributed by atoms with Crippen LogP contribution in [0.25, 0.3) is 0 Å². The van der Waals surface area contributed by atoms with E-state index in [-0.39, 0.29) is 28.6 Å². The highest BCUT2D eigenvalue weighted by molar-refractivity contribution is 7.89. The van der Waals surface area contributed by atoms with Gasteiger partial charge < -0.3 is 9.80 Å². The van der Waals surface area contributed by atoms with Gasteiger partial charge in [-0.15, -0.1) is 0 Å². The Bertz CT molecular complexity index is 1180. The zero-order valence-corrected chi connectivity index (χ0v) is 21.1. The summed E-state index contributed by atoms with van der Waals surface area (Å²) in [7, 11) is -3.69. The van der Waals surface area contributed by atoms with Crippen molar-refractivity contribution in [3.63, 3.8) is 0 Å². The number of anilines is 1. The molecule has 4 rings (SSSR count). The first-order valence-electron chi connectivity index (χ1n) is 12.1. The van der Waals surface area contributed by atoms with E-state index in [0.29, 0.717) is 45.4 Å². The molecular weight excluding hydrogens is 493 g/mol. The number of halogens is 3. The minimum atomic E-state index is -4.44. The third-order valence-electron chi connectivity index (χ3n) is 7.42. The number of alkyl halides is 3. The molecule has 0 spiro atoms. The lowest BCUT2D eigenvalue weighted by atomic mass is 9.74. The average Bonchev–Trinajstić information content (AvgIpc) is 3.28. The molecule has 2 fully saturated rings. The summed E-state index contributed by atoms with van der Waals surface area (Å²) >= 11 is 0. The number of carbonyl (C=O) groups is 1. The SMILES string of the molecule is CC(C)C1(C(=O)N2CCN(c3cc(C(F)(F)F)ccn3)CC2)CCC(NS(=O)(=O)c2ccccc2)C1. The van der Waals surface area contributed by atoms with Gasteiger partial charge in [0.25, 0.3) is 0 Å². The maximum atomic E-state index is 13.7. The van der Waals surface area contributed by atoms with E-state index in [0.717, 1.165) is 18.3 Å². The van der Waals surface area contributed by atoms with Crippen LogP contribution in [-0.4, -0.2) is 56.4 Å². The molecule has 1 aromatic heterocycles. The molecular formula is C25H31F3N4O3S. The lowest BCUT2D eigenvalue weighted by Crippen LogP contribution is -2.54. The molecule has 1 saturated heterocycles. The van der Waals surface area contributed by atoms with Crippen molar-refractivity contribution in [1.82, 2.24) is 14.6 Å². The quantitative estimate of drug-likeness (QED) is 0.620. The number of pyridine rings is 1. The van der Waals surface area contributed by atoms with Crippen molar-refractivity contribution in [1.29, 1.82) is 0 Å². The Kier molecular flexibility index (Phi) is 7.34. The summed E-state index contributed by atoms with van der Waals surface area (Å²) < 4.78 is 67.6. The first kappa shape index (κ1) is 26.4. The zero-order valence-electron chi connectivity index (χ0n) is 20.3. The molecule has 36 heavy (non-hydrogen) atoms. The Morgan fingerprint density at radius 2 is 1.78 bits per heavy atom. The first-order valence-corrected chi connectivity index (χ1v) is 13.6. The van der Waals surface area contributed by atoms with Gasteiger partial charge in [0, 0.05) is 38.4 Å². The number of rotatable bonds is 6. The number of hydrogen-bond donors (Lipinski definition) is 1. The van der Waals surface area contributed by atoms with Crippen LogP contribution in [0.4, 0.5) is 19.0 Å². The summed E-state index contributed by atoms with van der Waals surface area (Å²) in [6.07, 6.45) is -1.76. The lowest BCUT2D eigenvalue weighted by molar-refractivity contribution is -0.145. The van der Waals surface area contributed by atoms with Crippen molar-refractivity contribution >= 4 is 21.7 Å². The predicted octanol–water partition coefficient (Wildman–Crippen LogP) is 3.92. The van der Waals surface area contributed by atoms with Gasteiger partial charge in [-0.2, -0.15) is 13.2 Å². The fourth-order valence-corrected chi connectivity index (χ4v) is 6.54. The number of benzene rings is 1. The summed E-state index contributed by atoms with van der Waals surface area (Å²) in [5, 5.41) is 0. The minimum Gasteiger partial charge on any atom is -0.353 e. The Hall–Kier alpha value is -2.66. The molecule has 1 amide bonds. The van der Waals surface area contributed by atoms with Gasteiger partial charge in [0.05, 0.1) is 15.9 Å². The predicted molar refractivity (Wildman–Crippen MR) is 130 cm³/mol. The number of carbonyl (C=O) groups excluding carboxylic acids is 1. The third-order valence-corrected chi connectivity index (χ3v) is 8.96. The Balaban J connectivity index is 1.42. The Morgan fingerprint density at radius 3 is 2.39 bits per heavy atom. The van der Waals surface area contributed by atoms with Gasteiger partial charge in [0.15, 0.2) is 0 Å². The second-order valence-electron chi connectivity index (χ2n) is 9.86. The Labute approximate surface area is 209 Å². The summed E-state index contributed by atoms with van der Waals surface area (Å²) in [5.74, 6) is 0.224. The van der Waals surface area contributed by atoms with Crippen LogP contribution in [0.15, 0.2) is 53.6 Å². The largest absolute Gasteiger partial charge is 0.416 e. The molecule has 7 nitrogen and oxygen atoms in total. The normalized spacial score (nSPS) is 23.3. The van der Waals surface area contributed by atoms with E-state index in [1.807, 2.05) is 13.8 Å². The highest BCUT2D eigenvalue weighted by Gasteiger charge is 2.50. The second-order valence-corrected chi connectivity index (χ2v) is 11.6. The fraction of sp³-hybridized carbons (Fsp3) is 0.520. The van der Waals surface area contributed by atoms with Crippen LogP contribution in [0, 0.1) is 11.3 Å². The Morgan fingerprint density at radius 1 is 1.11 bits per heavy atom. The van der Waals surface area contributed by atoms with Crippen LogP contribution in [0.5, 0.6) is 0 Å². The van der Waals surface area contributed by atoms with E-state index in [2.05, 4.69) is 9.71 Å². The van der Waals surface area contributed by atoms with E-state index in [1.165, 1.54) is 12.1 Å². The molecule has 1 aliphatic heterocycles. The van der Waals surface area contributed by atoms with Crippen LogP contribution in [0.1, 0.15) is 38.7 Å². The maximum absolute atomic E-state index is 13.7. The molecule has 2 aromatic rings. The summed E-state index contributed by atoms with van der Waals surface area (Å²) in [5.41, 5.74) is -1.44. The van der Waals surface area contributed by atoms with Crippen LogP contribution in [-0.2, 0) is 21.0 Å². The van der Waals surface area contributed by atoms with Crippen molar-refractivity contribution < 1.29 is 26.4 Å². The number of aromatic nitrogens is 1. The minimum absolute atomic E-state index is 0.000562. The summed E-state index contributed by atoms with van der Waals surface area (Å²) in [6.45, 7) is 5.44. The first-order chi connectivity index (χ1) is 16.9. The van der Waals surface area contributed by atoms with E-state index in [4.69, 9.17) is 0 Å². The van der Waals surface area contributed by atoms with Gasteiger partial charge in [0.2, 0.25) is 15.9 Å². The molecule has 11 heteroatoms. The van der Waals surface area contributed by atoms with E-state index >= 15 is 0 Å². The van der Waals surface area contributed by atoms with Gasteiger partial charge in [-0.05, 0) is 49.4 Å². The highest BCUT2D eigenvalue weighted by atomic mass is 32.2. The van der Waals surface area contributed by atoms with Crippen LogP contribution < -0.4 is 9.62 Å². The lowest BCUT2D eigenvalue weighted by Gasteiger charge is -2.42. The topological polar surface area (TPSA) is 82.6 Å². The van der Waals surface area contributed by atoms with Crippen LogP contribution in [0.2, 0.25) is 0 Å². The number of nitrogens with one attached hydrogen (secondary N) is 1. The van der Waals surface area contributed by atoms with Crippen LogP contribution in [0.3, 0.4) is 0 Å². The molecule has 2 heterocycles. The molecule has 1 N–H and O–H groups in total. The van der Waals surface area contributed by atoms with Crippen molar-refractivity contribution in [3.8, 4) is 0 Å². The third kappa shape index (κ3) is 5.36. The van der Waals surface area contributed by atoms with Crippen molar-refractivity contribution in [3.05, 3.63) is 54.2 Å². The average molecular weight is 525 g/mol. The summed E-state index contributed by atoms with van der Waals surface area (Å²) in [6, 6.07) is 9.79. The zero-order chi connectivity index (χ0) is 26.1. The molecule has 1 aromatic carbocycles. The number of amides is 1. The maximum Gasteiger partial charge on any atom is 0.416 e. The van der Waals surface area contributed by atoms with Crippen molar-refractivity contribution in [2.24, 2.45) is 11.3 Å². The van der Waals surface area contributed by atoms with Gasteiger partial charge in [-0.25, -0.2) is 18.1 Å². The van der Waals surface area contributed by atoms with E-state index in [9.17, 15) is 26.4 Å². The number of piperazine rings is 1. The molecule has 1 aliphatic carbocycles. The van der Waals surface area contributed by atoms with E-state index in [1.54, 1.807) is 28.0 Å². The summed E-state index contributed by atoms with van der Waals surface area (Å²) in [4.78, 5) is 21.5. The van der Waals surface area contributed by atoms with Crippen LogP contribution >= 0.6 is 0 Å². The number of sulfonamides is 1. The standard InChI is InChI=1S/C25H31F3N4O3S/c1-18(2)24(10-8-20(17-24)30-36(34,35)21-6-4-3-5-7-21)23(33)32-14-12-31(13-15-32)22-16-19(9-11-29-22)25(26,27)28/h3-7,9,11,16,18,20,30H,8,10,12-15,17H2,1-2H3. The van der Waals surface area contributed by atoms with Gasteiger partial charge >= 0.3 is 6.18 Å². The van der Waals surface area contributed by atoms with Gasteiger partial charge in [-0.1, -0.05) is 32.0 Å². The van der Waals surface area contributed by atoms with Crippen molar-refractivity contribution in [2.45, 2.75) is 50.2 Å². The molecule has 0 bridgehead atoms. The molecule has 0 radical (unpaired) electrons. The molecule has 2 aliphatic rings. The monoisotopic (exact) mass is 524 g/mol. The molecule has 2 atom stereocenters. The highest BCUT2D eigenvalue weighted by Crippen LogP contribution is 2.46. The number of hydrogen-bond acceptors (Lipinski definition) is 5. The molecule has 196 valence electrons. The van der Waals surface area contributed by atoms with Gasteiger partial charge in [-0.3, -0.25) is 4.79 Å². The molecule has 1 saturated carbocycles. The molecule has 2 unspecified atom stereocenters.